The monoisotopic (exact) mass is 513 g/mol. The third-order valence-corrected chi connectivity index (χ3v) is 7.10. The van der Waals surface area contributed by atoms with Crippen molar-refractivity contribution in [2.75, 3.05) is 31.1 Å². The highest BCUT2D eigenvalue weighted by atomic mass is 32.2. The first-order valence-corrected chi connectivity index (χ1v) is 12.4. The van der Waals surface area contributed by atoms with Gasteiger partial charge in [0.05, 0.1) is 29.2 Å². The van der Waals surface area contributed by atoms with E-state index in [9.17, 15) is 23.3 Å². The summed E-state index contributed by atoms with van der Waals surface area (Å²) in [5, 5.41) is 14.0. The van der Waals surface area contributed by atoms with Gasteiger partial charge in [-0.2, -0.15) is 0 Å². The van der Waals surface area contributed by atoms with E-state index in [1.165, 1.54) is 38.3 Å². The second-order valence-electron chi connectivity index (χ2n) is 7.93. The van der Waals surface area contributed by atoms with Crippen LogP contribution in [-0.2, 0) is 14.8 Å². The second kappa shape index (κ2) is 11.5. The lowest BCUT2D eigenvalue weighted by molar-refractivity contribution is -0.385. The SMILES string of the molecule is COc1ccc(N(CC(=O)NCCOc2ccc(C)cc2)S(=O)(=O)c2ccc(C)c([N+](=O)[O-])c2)cc1. The summed E-state index contributed by atoms with van der Waals surface area (Å²) in [6.45, 7) is 3.28. The summed E-state index contributed by atoms with van der Waals surface area (Å²) in [4.78, 5) is 23.1. The van der Waals surface area contributed by atoms with E-state index in [0.717, 1.165) is 15.9 Å². The largest absolute Gasteiger partial charge is 0.497 e. The summed E-state index contributed by atoms with van der Waals surface area (Å²) in [7, 11) is -2.85. The number of nitrogens with zero attached hydrogens (tertiary/aromatic N) is 2. The normalized spacial score (nSPS) is 11.0. The molecule has 0 aromatic heterocycles. The summed E-state index contributed by atoms with van der Waals surface area (Å²) in [5.74, 6) is 0.585. The molecule has 0 heterocycles. The molecular weight excluding hydrogens is 486 g/mol. The van der Waals surface area contributed by atoms with Crippen LogP contribution in [0.5, 0.6) is 11.5 Å². The third kappa shape index (κ3) is 6.51. The molecule has 3 aromatic carbocycles. The first-order chi connectivity index (χ1) is 17.1. The van der Waals surface area contributed by atoms with Crippen LogP contribution in [0.2, 0.25) is 0 Å². The van der Waals surface area contributed by atoms with Gasteiger partial charge >= 0.3 is 0 Å². The molecule has 0 spiro atoms. The number of sulfonamides is 1. The van der Waals surface area contributed by atoms with Crippen LogP contribution in [0.15, 0.2) is 71.6 Å². The molecule has 0 saturated heterocycles. The fraction of sp³-hybridized carbons (Fsp3) is 0.240. The van der Waals surface area contributed by atoms with E-state index in [1.807, 2.05) is 31.2 Å². The van der Waals surface area contributed by atoms with Gasteiger partial charge < -0.3 is 14.8 Å². The van der Waals surface area contributed by atoms with Crippen molar-refractivity contribution in [3.05, 3.63) is 88.0 Å². The summed E-state index contributed by atoms with van der Waals surface area (Å²) in [6, 6.07) is 17.2. The molecule has 1 N–H and O–H groups in total. The molecule has 0 aliphatic heterocycles. The zero-order valence-electron chi connectivity index (χ0n) is 20.1. The summed E-state index contributed by atoms with van der Waals surface area (Å²) >= 11 is 0. The Morgan fingerprint density at radius 1 is 1.00 bits per heavy atom. The molecule has 0 aliphatic carbocycles. The van der Waals surface area contributed by atoms with Crippen molar-refractivity contribution < 1.29 is 27.6 Å². The number of aryl methyl sites for hydroxylation is 2. The van der Waals surface area contributed by atoms with Crippen molar-refractivity contribution in [2.24, 2.45) is 0 Å². The highest BCUT2D eigenvalue weighted by molar-refractivity contribution is 7.92. The van der Waals surface area contributed by atoms with Crippen LogP contribution in [0.3, 0.4) is 0 Å². The molecule has 0 aliphatic rings. The number of carbonyl (C=O) groups excluding carboxylic acids is 1. The zero-order valence-corrected chi connectivity index (χ0v) is 20.9. The third-order valence-electron chi connectivity index (χ3n) is 5.33. The lowest BCUT2D eigenvalue weighted by Gasteiger charge is -2.24. The van der Waals surface area contributed by atoms with Gasteiger partial charge in [-0.15, -0.1) is 0 Å². The fourth-order valence-corrected chi connectivity index (χ4v) is 4.76. The molecule has 0 radical (unpaired) electrons. The number of amides is 1. The van der Waals surface area contributed by atoms with Crippen LogP contribution >= 0.6 is 0 Å². The molecule has 3 rings (SSSR count). The quantitative estimate of drug-likeness (QED) is 0.236. The van der Waals surface area contributed by atoms with Gasteiger partial charge in [-0.25, -0.2) is 8.42 Å². The van der Waals surface area contributed by atoms with Gasteiger partial charge in [0.15, 0.2) is 0 Å². The van der Waals surface area contributed by atoms with Crippen LogP contribution in [0, 0.1) is 24.0 Å². The molecule has 1 amide bonds. The minimum absolute atomic E-state index is 0.152. The van der Waals surface area contributed by atoms with Gasteiger partial charge in [0.2, 0.25) is 5.91 Å². The molecule has 0 unspecified atom stereocenters. The average Bonchev–Trinajstić information content (AvgIpc) is 2.86. The van der Waals surface area contributed by atoms with Crippen LogP contribution in [-0.4, -0.2) is 46.1 Å². The molecule has 0 saturated carbocycles. The Labute approximate surface area is 209 Å². The number of nitro benzene ring substituents is 1. The molecule has 11 heteroatoms. The number of hydrogen-bond donors (Lipinski definition) is 1. The Balaban J connectivity index is 1.79. The molecule has 190 valence electrons. The molecule has 36 heavy (non-hydrogen) atoms. The van der Waals surface area contributed by atoms with Gasteiger partial charge in [-0.05, 0) is 56.3 Å². The number of ether oxygens (including phenoxy) is 2. The number of nitrogens with one attached hydrogen (secondary N) is 1. The van der Waals surface area contributed by atoms with Crippen LogP contribution in [0.4, 0.5) is 11.4 Å². The maximum Gasteiger partial charge on any atom is 0.273 e. The van der Waals surface area contributed by atoms with E-state index < -0.39 is 27.4 Å². The smallest absolute Gasteiger partial charge is 0.273 e. The molecule has 0 atom stereocenters. The minimum Gasteiger partial charge on any atom is -0.497 e. The Hall–Kier alpha value is -4.12. The molecule has 10 nitrogen and oxygen atoms in total. The Kier molecular flexibility index (Phi) is 8.49. The van der Waals surface area contributed by atoms with Gasteiger partial charge in [-0.3, -0.25) is 19.2 Å². The molecule has 0 fully saturated rings. The van der Waals surface area contributed by atoms with Gasteiger partial charge in [0.25, 0.3) is 15.7 Å². The maximum atomic E-state index is 13.5. The van der Waals surface area contributed by atoms with E-state index in [4.69, 9.17) is 9.47 Å². The number of carbonyl (C=O) groups is 1. The van der Waals surface area contributed by atoms with Crippen LogP contribution < -0.4 is 19.1 Å². The first-order valence-electron chi connectivity index (χ1n) is 11.0. The zero-order chi connectivity index (χ0) is 26.3. The average molecular weight is 514 g/mol. The number of benzene rings is 3. The summed E-state index contributed by atoms with van der Waals surface area (Å²) in [6.07, 6.45) is 0. The van der Waals surface area contributed by atoms with Gasteiger partial charge in [-0.1, -0.05) is 23.8 Å². The predicted molar refractivity (Wildman–Crippen MR) is 135 cm³/mol. The first kappa shape index (κ1) is 26.5. The van der Waals surface area contributed by atoms with E-state index in [2.05, 4.69) is 5.32 Å². The van der Waals surface area contributed by atoms with Crippen molar-refractivity contribution >= 4 is 27.3 Å². The van der Waals surface area contributed by atoms with Crippen LogP contribution in [0.1, 0.15) is 11.1 Å². The summed E-state index contributed by atoms with van der Waals surface area (Å²) < 4.78 is 38.7. The topological polar surface area (TPSA) is 128 Å². The predicted octanol–water partition coefficient (Wildman–Crippen LogP) is 3.61. The van der Waals surface area contributed by atoms with E-state index in [1.54, 1.807) is 12.1 Å². The highest BCUT2D eigenvalue weighted by Gasteiger charge is 2.29. The lowest BCUT2D eigenvalue weighted by Crippen LogP contribution is -2.42. The standard InChI is InChI=1S/C25H27N3O7S/c1-18-4-9-22(10-5-18)35-15-14-26-25(29)17-27(20-7-11-21(34-3)12-8-20)36(32,33)23-13-6-19(2)24(16-23)28(30)31/h4-13,16H,14-15,17H2,1-3H3,(H,26,29). The van der Waals surface area contributed by atoms with Crippen molar-refractivity contribution in [1.82, 2.24) is 5.32 Å². The Morgan fingerprint density at radius 2 is 1.64 bits per heavy atom. The van der Waals surface area contributed by atoms with E-state index >= 15 is 0 Å². The number of methoxy groups -OCH3 is 1. The molecule has 0 bridgehead atoms. The van der Waals surface area contributed by atoms with Gasteiger partial charge in [0, 0.05) is 11.6 Å². The number of anilines is 1. The molecular formula is C25H27N3O7S. The lowest BCUT2D eigenvalue weighted by atomic mass is 10.2. The summed E-state index contributed by atoms with van der Waals surface area (Å²) in [5.41, 5.74) is 1.28. The Morgan fingerprint density at radius 3 is 2.25 bits per heavy atom. The van der Waals surface area contributed by atoms with Crippen molar-refractivity contribution in [3.63, 3.8) is 0 Å². The van der Waals surface area contributed by atoms with Crippen molar-refractivity contribution in [1.29, 1.82) is 0 Å². The minimum atomic E-state index is -4.32. The fourth-order valence-electron chi connectivity index (χ4n) is 3.32. The van der Waals surface area contributed by atoms with Gasteiger partial charge in [0.1, 0.15) is 24.7 Å². The van der Waals surface area contributed by atoms with Crippen LogP contribution in [0.25, 0.3) is 0 Å². The number of nitro groups is 1. The maximum absolute atomic E-state index is 13.5. The molecule has 3 aromatic rings. The van der Waals surface area contributed by atoms with Crippen molar-refractivity contribution in [3.8, 4) is 11.5 Å². The Bertz CT molecular complexity index is 1320. The second-order valence-corrected chi connectivity index (χ2v) is 9.79. The number of rotatable bonds is 11. The van der Waals surface area contributed by atoms with E-state index in [0.29, 0.717) is 17.1 Å². The van der Waals surface area contributed by atoms with Crippen molar-refractivity contribution in [2.45, 2.75) is 18.7 Å². The van der Waals surface area contributed by atoms with E-state index in [-0.39, 0.29) is 29.4 Å². The highest BCUT2D eigenvalue weighted by Crippen LogP contribution is 2.29. The number of hydrogen-bond acceptors (Lipinski definition) is 7.